The Bertz CT molecular complexity index is 1310. The first kappa shape index (κ1) is 26.9. The lowest BCUT2D eigenvalue weighted by Crippen LogP contribution is -2.39. The second kappa shape index (κ2) is 12.0. The van der Waals surface area contributed by atoms with Gasteiger partial charge in [0.05, 0.1) is 33.4 Å². The van der Waals surface area contributed by atoms with E-state index < -0.39 is 6.04 Å². The average molecular weight is 534 g/mol. The number of thiocarbonyl (C=S) groups is 1. The van der Waals surface area contributed by atoms with Crippen LogP contribution in [0.4, 0.5) is 11.4 Å². The molecule has 8 nitrogen and oxygen atoms in total. The van der Waals surface area contributed by atoms with Crippen molar-refractivity contribution in [2.45, 2.75) is 25.8 Å². The molecule has 3 aromatic carbocycles. The third-order valence-corrected chi connectivity index (χ3v) is 6.87. The number of carbonyl (C=O) groups is 2. The van der Waals surface area contributed by atoms with E-state index in [0.29, 0.717) is 46.7 Å². The zero-order chi connectivity index (χ0) is 27.2. The highest BCUT2D eigenvalue weighted by molar-refractivity contribution is 7.80. The largest absolute Gasteiger partial charge is 0.497 e. The van der Waals surface area contributed by atoms with Gasteiger partial charge in [0.25, 0.3) is 5.91 Å². The molecular formula is C29H31N3O5S. The first-order chi connectivity index (χ1) is 18.3. The third kappa shape index (κ3) is 5.89. The Labute approximate surface area is 228 Å². The van der Waals surface area contributed by atoms with Gasteiger partial charge in [-0.2, -0.15) is 0 Å². The van der Waals surface area contributed by atoms with E-state index in [1.54, 1.807) is 45.6 Å². The highest BCUT2D eigenvalue weighted by atomic mass is 32.1. The van der Waals surface area contributed by atoms with Gasteiger partial charge in [-0.25, -0.2) is 0 Å². The summed E-state index contributed by atoms with van der Waals surface area (Å²) in [7, 11) is 4.76. The van der Waals surface area contributed by atoms with Crippen molar-refractivity contribution in [1.82, 2.24) is 4.90 Å². The molecule has 0 aromatic heterocycles. The van der Waals surface area contributed by atoms with Crippen LogP contribution >= 0.6 is 12.2 Å². The molecule has 38 heavy (non-hydrogen) atoms. The van der Waals surface area contributed by atoms with Gasteiger partial charge in [-0.3, -0.25) is 14.5 Å². The fourth-order valence-corrected chi connectivity index (χ4v) is 4.78. The predicted molar refractivity (Wildman–Crippen MR) is 151 cm³/mol. The van der Waals surface area contributed by atoms with E-state index in [9.17, 15) is 9.59 Å². The number of anilines is 2. The van der Waals surface area contributed by atoms with Gasteiger partial charge >= 0.3 is 0 Å². The molecule has 3 aromatic rings. The lowest BCUT2D eigenvalue weighted by molar-refractivity contribution is -0.124. The number of aryl methyl sites for hydroxylation is 1. The second-order valence-electron chi connectivity index (χ2n) is 8.92. The Morgan fingerprint density at radius 3 is 2.24 bits per heavy atom. The molecule has 0 spiro atoms. The van der Waals surface area contributed by atoms with Gasteiger partial charge in [0.15, 0.2) is 16.6 Å². The van der Waals surface area contributed by atoms with Crippen molar-refractivity contribution in [3.8, 4) is 17.2 Å². The predicted octanol–water partition coefficient (Wildman–Crippen LogP) is 4.59. The van der Waals surface area contributed by atoms with Crippen LogP contribution in [0.5, 0.6) is 17.2 Å². The summed E-state index contributed by atoms with van der Waals surface area (Å²) >= 11 is 5.78. The monoisotopic (exact) mass is 533 g/mol. The molecule has 1 heterocycles. The molecule has 1 aliphatic heterocycles. The van der Waals surface area contributed by atoms with E-state index in [2.05, 4.69) is 5.32 Å². The van der Waals surface area contributed by atoms with Crippen LogP contribution in [0.1, 0.15) is 17.5 Å². The molecule has 1 saturated heterocycles. The molecule has 1 N–H and O–H groups in total. The van der Waals surface area contributed by atoms with E-state index in [4.69, 9.17) is 26.4 Å². The van der Waals surface area contributed by atoms with Gasteiger partial charge < -0.3 is 24.4 Å². The molecular weight excluding hydrogens is 502 g/mol. The van der Waals surface area contributed by atoms with Crippen LogP contribution in [0.15, 0.2) is 66.7 Å². The standard InChI is InChI=1S/C29H31N3O5S/c1-19-5-8-21(9-6-19)30-27(33)18-24-28(34)32(22-10-12-23(35-2)13-11-22)29(38)31(24)16-15-20-7-14-25(36-3)26(17-20)37-4/h5-14,17,24H,15-16,18H2,1-4H3,(H,30,33)/t24-/m1/s1. The number of nitrogens with zero attached hydrogens (tertiary/aromatic N) is 2. The van der Waals surface area contributed by atoms with Crippen LogP contribution in [-0.2, 0) is 16.0 Å². The van der Waals surface area contributed by atoms with E-state index in [1.165, 1.54) is 4.90 Å². The summed E-state index contributed by atoms with van der Waals surface area (Å²) in [5.74, 6) is 1.43. The van der Waals surface area contributed by atoms with Crippen molar-refractivity contribution in [3.63, 3.8) is 0 Å². The Morgan fingerprint density at radius 1 is 0.921 bits per heavy atom. The van der Waals surface area contributed by atoms with Crippen molar-refractivity contribution in [2.24, 2.45) is 0 Å². The maximum absolute atomic E-state index is 13.7. The summed E-state index contributed by atoms with van der Waals surface area (Å²) in [5.41, 5.74) is 3.38. The van der Waals surface area contributed by atoms with Crippen LogP contribution in [0.2, 0.25) is 0 Å². The highest BCUT2D eigenvalue weighted by Crippen LogP contribution is 2.31. The second-order valence-corrected chi connectivity index (χ2v) is 9.29. The number of hydrogen-bond donors (Lipinski definition) is 1. The highest BCUT2D eigenvalue weighted by Gasteiger charge is 2.44. The Balaban J connectivity index is 1.56. The summed E-state index contributed by atoms with van der Waals surface area (Å²) in [6.07, 6.45) is 0.547. The molecule has 1 aliphatic rings. The van der Waals surface area contributed by atoms with Gasteiger partial charge in [0.1, 0.15) is 11.8 Å². The van der Waals surface area contributed by atoms with Gasteiger partial charge in [0.2, 0.25) is 5.91 Å². The number of ether oxygens (including phenoxy) is 3. The maximum Gasteiger partial charge on any atom is 0.256 e. The number of methoxy groups -OCH3 is 3. The summed E-state index contributed by atoms with van der Waals surface area (Å²) in [6, 6.07) is 19.6. The van der Waals surface area contributed by atoms with Crippen molar-refractivity contribution in [1.29, 1.82) is 0 Å². The molecule has 2 amide bonds. The van der Waals surface area contributed by atoms with Gasteiger partial charge in [0, 0.05) is 12.2 Å². The van der Waals surface area contributed by atoms with E-state index >= 15 is 0 Å². The normalized spacial score (nSPS) is 15.0. The van der Waals surface area contributed by atoms with Crippen LogP contribution in [0, 0.1) is 6.92 Å². The van der Waals surface area contributed by atoms with E-state index in [-0.39, 0.29) is 18.2 Å². The number of rotatable bonds is 10. The number of carbonyl (C=O) groups excluding carboxylic acids is 2. The lowest BCUT2D eigenvalue weighted by atomic mass is 10.1. The minimum atomic E-state index is -0.741. The average Bonchev–Trinajstić information content (AvgIpc) is 3.16. The van der Waals surface area contributed by atoms with Crippen LogP contribution in [0.3, 0.4) is 0 Å². The minimum Gasteiger partial charge on any atom is -0.497 e. The molecule has 1 fully saturated rings. The Kier molecular flexibility index (Phi) is 8.48. The first-order valence-electron chi connectivity index (χ1n) is 12.2. The molecule has 1 atom stereocenters. The first-order valence-corrected chi connectivity index (χ1v) is 12.6. The van der Waals surface area contributed by atoms with E-state index in [1.807, 2.05) is 54.3 Å². The Morgan fingerprint density at radius 2 is 1.61 bits per heavy atom. The SMILES string of the molecule is COc1ccc(N2C(=O)[C@@H](CC(=O)Nc3ccc(C)cc3)N(CCc3ccc(OC)c(OC)c3)C2=S)cc1. The fourth-order valence-electron chi connectivity index (χ4n) is 4.37. The lowest BCUT2D eigenvalue weighted by Gasteiger charge is -2.24. The van der Waals surface area contributed by atoms with Gasteiger partial charge in [-0.15, -0.1) is 0 Å². The zero-order valence-corrected chi connectivity index (χ0v) is 22.7. The minimum absolute atomic E-state index is 0.0363. The molecule has 0 aliphatic carbocycles. The molecule has 9 heteroatoms. The molecule has 0 saturated carbocycles. The quantitative estimate of drug-likeness (QED) is 0.382. The number of benzene rings is 3. The van der Waals surface area contributed by atoms with Gasteiger partial charge in [-0.1, -0.05) is 23.8 Å². The summed E-state index contributed by atoms with van der Waals surface area (Å²) in [4.78, 5) is 30.0. The molecule has 198 valence electrons. The van der Waals surface area contributed by atoms with Crippen molar-refractivity contribution < 1.29 is 23.8 Å². The zero-order valence-electron chi connectivity index (χ0n) is 21.9. The molecule has 4 rings (SSSR count). The maximum atomic E-state index is 13.7. The van der Waals surface area contributed by atoms with E-state index in [0.717, 1.165) is 11.1 Å². The molecule has 0 bridgehead atoms. The van der Waals surface area contributed by atoms with Crippen molar-refractivity contribution in [3.05, 3.63) is 77.9 Å². The van der Waals surface area contributed by atoms with Crippen molar-refractivity contribution in [2.75, 3.05) is 38.1 Å². The third-order valence-electron chi connectivity index (χ3n) is 6.45. The molecule has 0 radical (unpaired) electrons. The number of amides is 2. The van der Waals surface area contributed by atoms with Gasteiger partial charge in [-0.05, 0) is 79.7 Å². The fraction of sp³-hybridized carbons (Fsp3) is 0.276. The number of nitrogens with one attached hydrogen (secondary N) is 1. The van der Waals surface area contributed by atoms with Crippen LogP contribution in [-0.4, -0.2) is 55.7 Å². The summed E-state index contributed by atoms with van der Waals surface area (Å²) < 4.78 is 16.0. The van der Waals surface area contributed by atoms with Crippen LogP contribution < -0.4 is 24.4 Å². The summed E-state index contributed by atoms with van der Waals surface area (Å²) in [6.45, 7) is 2.42. The smallest absolute Gasteiger partial charge is 0.256 e. The molecule has 0 unspecified atom stereocenters. The Hall–Kier alpha value is -4.11. The topological polar surface area (TPSA) is 80.3 Å². The van der Waals surface area contributed by atoms with Crippen molar-refractivity contribution >= 4 is 40.5 Å². The summed E-state index contributed by atoms with van der Waals surface area (Å²) in [5, 5.41) is 3.25. The van der Waals surface area contributed by atoms with Crippen LogP contribution in [0.25, 0.3) is 0 Å². The number of hydrogen-bond acceptors (Lipinski definition) is 6.